The Kier molecular flexibility index (Phi) is 2.31. The van der Waals surface area contributed by atoms with Gasteiger partial charge in [0.25, 0.3) is 0 Å². The summed E-state index contributed by atoms with van der Waals surface area (Å²) in [5.41, 5.74) is 0. The molecule has 0 aliphatic carbocycles. The van der Waals surface area contributed by atoms with Crippen molar-refractivity contribution in [2.75, 3.05) is 0 Å². The predicted octanol–water partition coefficient (Wildman–Crippen LogP) is 2.71. The van der Waals surface area contributed by atoms with E-state index in [1.165, 1.54) is 0 Å². The zero-order valence-electron chi connectivity index (χ0n) is 6.70. The first kappa shape index (κ1) is 8.56. The second kappa shape index (κ2) is 3.24. The highest BCUT2D eigenvalue weighted by molar-refractivity contribution is 5.87. The molecule has 0 aliphatic heterocycles. The lowest BCUT2D eigenvalue weighted by atomic mass is 10.1. The third-order valence-corrected chi connectivity index (χ3v) is 1.77. The van der Waals surface area contributed by atoms with Crippen LogP contribution in [0.5, 0.6) is 5.75 Å². The molecule has 0 radical (unpaired) electrons. The van der Waals surface area contributed by atoms with Crippen LogP contribution in [0.3, 0.4) is 0 Å². The fourth-order valence-corrected chi connectivity index (χ4v) is 1.21. The van der Waals surface area contributed by atoms with Crippen molar-refractivity contribution in [1.29, 1.82) is 0 Å². The number of phenols is 1. The van der Waals surface area contributed by atoms with Gasteiger partial charge >= 0.3 is 0 Å². The van der Waals surface area contributed by atoms with E-state index in [1.54, 1.807) is 6.07 Å². The largest absolute Gasteiger partial charge is 0.507 e. The Hall–Kier alpha value is -1.54. The first-order valence-corrected chi connectivity index (χ1v) is 3.54. The maximum atomic E-state index is 9.37. The fraction of sp³-hybridized carbons (Fsp3) is 0. The third-order valence-electron chi connectivity index (χ3n) is 1.77. The normalized spacial score (nSPS) is 9.33. The molecule has 12 heavy (non-hydrogen) atoms. The molecule has 2 rings (SSSR count). The van der Waals surface area contributed by atoms with E-state index in [1.807, 2.05) is 36.4 Å². The average Bonchev–Trinajstić information content (AvgIpc) is 2.06. The number of hydrogen-bond acceptors (Lipinski definition) is 2. The molecular weight excluding hydrogens is 150 g/mol. The van der Waals surface area contributed by atoms with Gasteiger partial charge in [0.2, 0.25) is 0 Å². The molecule has 0 spiro atoms. The minimum absolute atomic E-state index is 0. The lowest BCUT2D eigenvalue weighted by molar-refractivity contribution is 0.481. The Labute approximate surface area is 71.0 Å². The zero-order chi connectivity index (χ0) is 7.68. The molecule has 0 fully saturated rings. The molecule has 0 bridgehead atoms. The van der Waals surface area contributed by atoms with Crippen molar-refractivity contribution in [3.8, 4) is 5.75 Å². The van der Waals surface area contributed by atoms with Crippen molar-refractivity contribution in [2.45, 2.75) is 0 Å². The Morgan fingerprint density at radius 3 is 2.25 bits per heavy atom. The van der Waals surface area contributed by atoms with Crippen LogP contribution in [0, 0.1) is 0 Å². The molecule has 2 aromatic rings. The highest BCUT2D eigenvalue weighted by Crippen LogP contribution is 2.22. The highest BCUT2D eigenvalue weighted by atomic mass is 16.3. The Morgan fingerprint density at radius 2 is 1.50 bits per heavy atom. The van der Waals surface area contributed by atoms with E-state index < -0.39 is 0 Å². The number of rotatable bonds is 0. The van der Waals surface area contributed by atoms with E-state index in [-0.39, 0.29) is 6.15 Å². The van der Waals surface area contributed by atoms with Gasteiger partial charge in [-0.25, -0.2) is 0 Å². The zero-order valence-corrected chi connectivity index (χ0v) is 6.70. The number of hydrogen-bond donors (Lipinski definition) is 2. The van der Waals surface area contributed by atoms with Crippen LogP contribution in [0.15, 0.2) is 42.5 Å². The van der Waals surface area contributed by atoms with Crippen molar-refractivity contribution in [3.63, 3.8) is 0 Å². The highest BCUT2D eigenvalue weighted by Gasteiger charge is 1.94. The van der Waals surface area contributed by atoms with E-state index in [2.05, 4.69) is 0 Å². The summed E-state index contributed by atoms with van der Waals surface area (Å²) in [5, 5.41) is 11.4. The fourth-order valence-electron chi connectivity index (χ4n) is 1.21. The first-order chi connectivity index (χ1) is 5.38. The van der Waals surface area contributed by atoms with Crippen LogP contribution in [0.4, 0.5) is 0 Å². The van der Waals surface area contributed by atoms with E-state index >= 15 is 0 Å². The number of aromatic hydroxyl groups is 1. The van der Waals surface area contributed by atoms with Gasteiger partial charge in [0, 0.05) is 5.39 Å². The summed E-state index contributed by atoms with van der Waals surface area (Å²) in [7, 11) is 0. The van der Waals surface area contributed by atoms with Gasteiger partial charge in [0.15, 0.2) is 0 Å². The van der Waals surface area contributed by atoms with Gasteiger partial charge in [-0.1, -0.05) is 36.4 Å². The average molecular weight is 161 g/mol. The molecule has 0 saturated carbocycles. The van der Waals surface area contributed by atoms with E-state index in [0.717, 1.165) is 10.8 Å². The Morgan fingerprint density at radius 1 is 0.833 bits per heavy atom. The third kappa shape index (κ3) is 1.24. The molecule has 4 N–H and O–H groups in total. The lowest BCUT2D eigenvalue weighted by Gasteiger charge is -1.97. The maximum Gasteiger partial charge on any atom is 0.123 e. The summed E-state index contributed by atoms with van der Waals surface area (Å²) in [6, 6.07) is 13.3. The van der Waals surface area contributed by atoms with Crippen molar-refractivity contribution in [2.24, 2.45) is 0 Å². The van der Waals surface area contributed by atoms with Crippen LogP contribution < -0.4 is 6.15 Å². The Balaban J connectivity index is 0.000000720. The van der Waals surface area contributed by atoms with Crippen molar-refractivity contribution in [1.82, 2.24) is 6.15 Å². The molecule has 2 aromatic carbocycles. The maximum absolute atomic E-state index is 9.37. The monoisotopic (exact) mass is 161 g/mol. The molecule has 2 heteroatoms. The van der Waals surface area contributed by atoms with Gasteiger partial charge < -0.3 is 11.3 Å². The van der Waals surface area contributed by atoms with E-state index in [9.17, 15) is 5.11 Å². The number of phenolic OH excluding ortho intramolecular Hbond substituents is 1. The van der Waals surface area contributed by atoms with Gasteiger partial charge in [0.1, 0.15) is 5.75 Å². The van der Waals surface area contributed by atoms with Crippen LogP contribution in [0.2, 0.25) is 0 Å². The van der Waals surface area contributed by atoms with Crippen LogP contribution in [-0.2, 0) is 0 Å². The molecular formula is C10H11NO. The van der Waals surface area contributed by atoms with Gasteiger partial charge in [-0.15, -0.1) is 0 Å². The summed E-state index contributed by atoms with van der Waals surface area (Å²) < 4.78 is 0. The molecule has 62 valence electrons. The number of benzene rings is 2. The lowest BCUT2D eigenvalue weighted by Crippen LogP contribution is -1.70. The predicted molar refractivity (Wildman–Crippen MR) is 50.6 cm³/mol. The molecule has 0 aliphatic rings. The summed E-state index contributed by atoms with van der Waals surface area (Å²) in [5.74, 6) is 0.350. The van der Waals surface area contributed by atoms with Crippen LogP contribution in [-0.4, -0.2) is 5.11 Å². The SMILES string of the molecule is N.Oc1cccc2ccccc12. The molecule has 0 amide bonds. The Bertz CT molecular complexity index is 379. The molecule has 2 nitrogen and oxygen atoms in total. The number of fused-ring (bicyclic) bond motifs is 1. The summed E-state index contributed by atoms with van der Waals surface area (Å²) >= 11 is 0. The molecule has 0 unspecified atom stereocenters. The van der Waals surface area contributed by atoms with Crippen LogP contribution in [0.25, 0.3) is 10.8 Å². The minimum atomic E-state index is 0. The smallest absolute Gasteiger partial charge is 0.123 e. The van der Waals surface area contributed by atoms with Crippen molar-refractivity contribution < 1.29 is 5.11 Å². The summed E-state index contributed by atoms with van der Waals surface area (Å²) in [6.45, 7) is 0. The van der Waals surface area contributed by atoms with E-state index in [0.29, 0.717) is 5.75 Å². The minimum Gasteiger partial charge on any atom is -0.507 e. The molecule has 0 heterocycles. The molecule has 0 atom stereocenters. The van der Waals surface area contributed by atoms with Crippen molar-refractivity contribution >= 4 is 10.8 Å². The first-order valence-electron chi connectivity index (χ1n) is 3.54. The van der Waals surface area contributed by atoms with Crippen LogP contribution >= 0.6 is 0 Å². The van der Waals surface area contributed by atoms with Gasteiger partial charge in [-0.2, -0.15) is 0 Å². The van der Waals surface area contributed by atoms with Gasteiger partial charge in [-0.05, 0) is 11.5 Å². The summed E-state index contributed by atoms with van der Waals surface area (Å²) in [6.07, 6.45) is 0. The molecule has 0 saturated heterocycles. The molecule has 0 aromatic heterocycles. The van der Waals surface area contributed by atoms with Crippen molar-refractivity contribution in [3.05, 3.63) is 42.5 Å². The van der Waals surface area contributed by atoms with Gasteiger partial charge in [-0.3, -0.25) is 0 Å². The summed E-state index contributed by atoms with van der Waals surface area (Å²) in [4.78, 5) is 0. The standard InChI is InChI=1S/C10H8O.H3N/c11-10-7-3-5-8-4-1-2-6-9(8)10;/h1-7,11H;1H3. The topological polar surface area (TPSA) is 55.2 Å². The van der Waals surface area contributed by atoms with Gasteiger partial charge in [0.05, 0.1) is 0 Å². The van der Waals surface area contributed by atoms with E-state index in [4.69, 9.17) is 0 Å². The second-order valence-corrected chi connectivity index (χ2v) is 2.50. The van der Waals surface area contributed by atoms with Crippen LogP contribution in [0.1, 0.15) is 0 Å². The quantitative estimate of drug-likeness (QED) is 0.624. The second-order valence-electron chi connectivity index (χ2n) is 2.50.